The summed E-state index contributed by atoms with van der Waals surface area (Å²) in [5, 5.41) is 3.35. The molecular weight excluding hydrogens is 192 g/mol. The first-order valence-corrected chi connectivity index (χ1v) is 5.71. The number of carbonyl (C=O) groups excluding carboxylic acids is 1. The lowest BCUT2D eigenvalue weighted by Crippen LogP contribution is -2.62. The molecule has 0 saturated carbocycles. The molecule has 5 nitrogen and oxygen atoms in total. The van der Waals surface area contributed by atoms with E-state index in [0.29, 0.717) is 12.5 Å². The third-order valence-electron chi connectivity index (χ3n) is 3.28. The van der Waals surface area contributed by atoms with Crippen molar-refractivity contribution in [2.75, 3.05) is 45.8 Å². The zero-order valence-electron chi connectivity index (χ0n) is 9.11. The molecular formula is C10H20N4O. The fourth-order valence-corrected chi connectivity index (χ4v) is 2.27. The fraction of sp³-hybridized carbons (Fsp3) is 0.900. The number of rotatable bonds is 4. The van der Waals surface area contributed by atoms with Crippen LogP contribution in [0.4, 0.5) is 0 Å². The van der Waals surface area contributed by atoms with Crippen molar-refractivity contribution in [1.29, 1.82) is 0 Å². The summed E-state index contributed by atoms with van der Waals surface area (Å²) < 4.78 is 0. The van der Waals surface area contributed by atoms with E-state index < -0.39 is 0 Å². The van der Waals surface area contributed by atoms with Crippen LogP contribution in [0.15, 0.2) is 0 Å². The van der Waals surface area contributed by atoms with Gasteiger partial charge in [-0.15, -0.1) is 0 Å². The van der Waals surface area contributed by atoms with Crippen LogP contribution >= 0.6 is 0 Å². The normalized spacial score (nSPS) is 25.1. The quantitative estimate of drug-likeness (QED) is 0.592. The molecule has 3 N–H and O–H groups in total. The van der Waals surface area contributed by atoms with Gasteiger partial charge in [-0.05, 0) is 0 Å². The lowest BCUT2D eigenvalue weighted by Gasteiger charge is -2.46. The average Bonchev–Trinajstić information content (AvgIpc) is 2.16. The van der Waals surface area contributed by atoms with Gasteiger partial charge in [0.1, 0.15) is 0 Å². The molecule has 2 fully saturated rings. The van der Waals surface area contributed by atoms with E-state index in [1.165, 1.54) is 0 Å². The Labute approximate surface area is 90.6 Å². The minimum atomic E-state index is -0.194. The van der Waals surface area contributed by atoms with Gasteiger partial charge in [-0.1, -0.05) is 0 Å². The molecule has 0 bridgehead atoms. The van der Waals surface area contributed by atoms with E-state index in [1.54, 1.807) is 0 Å². The van der Waals surface area contributed by atoms with Crippen LogP contribution in [0.3, 0.4) is 0 Å². The summed E-state index contributed by atoms with van der Waals surface area (Å²) in [6.07, 6.45) is 0.494. The molecule has 2 aliphatic rings. The van der Waals surface area contributed by atoms with E-state index in [0.717, 1.165) is 45.8 Å². The molecule has 0 aromatic heterocycles. The number of piperazine rings is 1. The van der Waals surface area contributed by atoms with Crippen LogP contribution in [0.5, 0.6) is 0 Å². The summed E-state index contributed by atoms with van der Waals surface area (Å²) in [6.45, 7) is 7.58. The van der Waals surface area contributed by atoms with Crippen LogP contribution in [0.2, 0.25) is 0 Å². The van der Waals surface area contributed by atoms with Gasteiger partial charge in [0.2, 0.25) is 5.91 Å². The van der Waals surface area contributed by atoms with Gasteiger partial charge in [0, 0.05) is 58.3 Å². The largest absolute Gasteiger partial charge is 0.370 e. The highest BCUT2D eigenvalue weighted by Crippen LogP contribution is 2.15. The molecule has 0 spiro atoms. The minimum Gasteiger partial charge on any atom is -0.370 e. The van der Waals surface area contributed by atoms with Crippen molar-refractivity contribution in [2.45, 2.75) is 12.5 Å². The van der Waals surface area contributed by atoms with Crippen LogP contribution in [0, 0.1) is 0 Å². The molecule has 2 aliphatic heterocycles. The van der Waals surface area contributed by atoms with Gasteiger partial charge >= 0.3 is 0 Å². The number of hydrogen-bond acceptors (Lipinski definition) is 4. The molecule has 0 aliphatic carbocycles. The van der Waals surface area contributed by atoms with Crippen LogP contribution < -0.4 is 11.1 Å². The van der Waals surface area contributed by atoms with E-state index in [1.807, 2.05) is 0 Å². The van der Waals surface area contributed by atoms with Crippen molar-refractivity contribution in [3.05, 3.63) is 0 Å². The van der Waals surface area contributed by atoms with E-state index in [2.05, 4.69) is 15.1 Å². The Morgan fingerprint density at radius 3 is 2.60 bits per heavy atom. The first-order chi connectivity index (χ1) is 7.25. The van der Waals surface area contributed by atoms with Crippen molar-refractivity contribution in [3.8, 4) is 0 Å². The summed E-state index contributed by atoms with van der Waals surface area (Å²) in [7, 11) is 0. The number of nitrogens with two attached hydrogens (primary N) is 1. The van der Waals surface area contributed by atoms with E-state index in [9.17, 15) is 4.79 Å². The van der Waals surface area contributed by atoms with Crippen molar-refractivity contribution >= 4 is 5.91 Å². The molecule has 2 saturated heterocycles. The molecule has 15 heavy (non-hydrogen) atoms. The highest BCUT2D eigenvalue weighted by atomic mass is 16.1. The molecule has 0 aromatic carbocycles. The standard InChI is InChI=1S/C10H20N4O/c11-10(15)1-4-13-7-9(8-13)14-5-2-12-3-6-14/h9,12H,1-8H2,(H2,11,15). The summed E-state index contributed by atoms with van der Waals surface area (Å²) in [5.41, 5.74) is 5.11. The lowest BCUT2D eigenvalue weighted by molar-refractivity contribution is -0.118. The maximum absolute atomic E-state index is 10.6. The Hall–Kier alpha value is -0.650. The Kier molecular flexibility index (Phi) is 3.56. The Balaban J connectivity index is 1.62. The second-order valence-corrected chi connectivity index (χ2v) is 4.42. The zero-order valence-corrected chi connectivity index (χ0v) is 9.11. The average molecular weight is 212 g/mol. The number of primary amides is 1. The number of nitrogens with one attached hydrogen (secondary N) is 1. The Morgan fingerprint density at radius 1 is 1.33 bits per heavy atom. The topological polar surface area (TPSA) is 61.6 Å². The Bertz CT molecular complexity index is 221. The third kappa shape index (κ3) is 2.90. The molecule has 0 aromatic rings. The van der Waals surface area contributed by atoms with Crippen molar-refractivity contribution in [3.63, 3.8) is 0 Å². The number of likely N-dealkylation sites (tertiary alicyclic amines) is 1. The van der Waals surface area contributed by atoms with Gasteiger partial charge in [-0.2, -0.15) is 0 Å². The maximum atomic E-state index is 10.6. The molecule has 0 atom stereocenters. The van der Waals surface area contributed by atoms with Crippen LogP contribution in [-0.2, 0) is 4.79 Å². The SMILES string of the molecule is NC(=O)CCN1CC(N2CCNCC2)C1. The number of carbonyl (C=O) groups is 1. The smallest absolute Gasteiger partial charge is 0.218 e. The van der Waals surface area contributed by atoms with Crippen LogP contribution in [0.25, 0.3) is 0 Å². The minimum absolute atomic E-state index is 0.194. The van der Waals surface area contributed by atoms with E-state index in [4.69, 9.17) is 5.73 Å². The van der Waals surface area contributed by atoms with E-state index in [-0.39, 0.29) is 5.91 Å². The predicted molar refractivity (Wildman–Crippen MR) is 58.5 cm³/mol. The number of nitrogens with zero attached hydrogens (tertiary/aromatic N) is 2. The van der Waals surface area contributed by atoms with E-state index >= 15 is 0 Å². The van der Waals surface area contributed by atoms with Crippen molar-refractivity contribution in [2.24, 2.45) is 5.73 Å². The number of amides is 1. The Morgan fingerprint density at radius 2 is 2.00 bits per heavy atom. The van der Waals surface area contributed by atoms with Crippen LogP contribution in [0.1, 0.15) is 6.42 Å². The second kappa shape index (κ2) is 4.92. The van der Waals surface area contributed by atoms with Gasteiger partial charge in [0.25, 0.3) is 0 Å². The molecule has 2 rings (SSSR count). The van der Waals surface area contributed by atoms with Crippen LogP contribution in [-0.4, -0.2) is 67.6 Å². The highest BCUT2D eigenvalue weighted by Gasteiger charge is 2.31. The second-order valence-electron chi connectivity index (χ2n) is 4.42. The predicted octanol–water partition coefficient (Wildman–Crippen LogP) is -1.55. The maximum Gasteiger partial charge on any atom is 0.218 e. The summed E-state index contributed by atoms with van der Waals surface area (Å²) in [6, 6.07) is 0.708. The molecule has 2 heterocycles. The van der Waals surface area contributed by atoms with Gasteiger partial charge in [0.15, 0.2) is 0 Å². The summed E-state index contributed by atoms with van der Waals surface area (Å²) >= 11 is 0. The lowest BCUT2D eigenvalue weighted by atomic mass is 10.1. The van der Waals surface area contributed by atoms with Gasteiger partial charge in [0.05, 0.1) is 0 Å². The third-order valence-corrected chi connectivity index (χ3v) is 3.28. The first kappa shape index (κ1) is 10.9. The zero-order chi connectivity index (χ0) is 10.7. The van der Waals surface area contributed by atoms with Gasteiger partial charge < -0.3 is 11.1 Å². The molecule has 0 radical (unpaired) electrons. The first-order valence-electron chi connectivity index (χ1n) is 5.71. The summed E-state index contributed by atoms with van der Waals surface area (Å²) in [4.78, 5) is 15.4. The van der Waals surface area contributed by atoms with Crippen molar-refractivity contribution in [1.82, 2.24) is 15.1 Å². The monoisotopic (exact) mass is 212 g/mol. The molecule has 86 valence electrons. The molecule has 5 heteroatoms. The number of hydrogen-bond donors (Lipinski definition) is 2. The van der Waals surface area contributed by atoms with Crippen molar-refractivity contribution < 1.29 is 4.79 Å². The summed E-state index contributed by atoms with van der Waals surface area (Å²) in [5.74, 6) is -0.194. The fourth-order valence-electron chi connectivity index (χ4n) is 2.27. The molecule has 0 unspecified atom stereocenters. The van der Waals surface area contributed by atoms with Gasteiger partial charge in [-0.3, -0.25) is 14.6 Å². The van der Waals surface area contributed by atoms with Gasteiger partial charge in [-0.25, -0.2) is 0 Å². The highest BCUT2D eigenvalue weighted by molar-refractivity contribution is 5.73. The molecule has 1 amide bonds.